The molecule has 2 aromatic heterocycles. The maximum absolute atomic E-state index is 5.57. The van der Waals surface area contributed by atoms with Gasteiger partial charge >= 0.3 is 0 Å². The molecule has 0 atom stereocenters. The van der Waals surface area contributed by atoms with E-state index in [-0.39, 0.29) is 21.1 Å². The Balaban J connectivity index is 0.00000351. The second-order valence-corrected chi connectivity index (χ2v) is 12.0. The first-order valence-corrected chi connectivity index (χ1v) is 15.8. The molecule has 0 bridgehead atoms. The summed E-state index contributed by atoms with van der Waals surface area (Å²) in [7, 11) is 0. The number of benzene rings is 5. The van der Waals surface area contributed by atoms with E-state index in [1.165, 1.54) is 33.0 Å². The number of imidazole rings is 1. The van der Waals surface area contributed by atoms with E-state index >= 15 is 0 Å². The zero-order valence-corrected chi connectivity index (χ0v) is 28.9. The van der Waals surface area contributed by atoms with Gasteiger partial charge in [-0.2, -0.15) is 61.3 Å². The van der Waals surface area contributed by atoms with Crippen LogP contribution in [0.1, 0.15) is 22.5 Å². The molecule has 3 heterocycles. The predicted octanol–water partition coefficient (Wildman–Crippen LogP) is 9.11. The van der Waals surface area contributed by atoms with E-state index in [1.807, 2.05) is 24.3 Å². The first-order chi connectivity index (χ1) is 22.6. The number of hydrogen-bond acceptors (Lipinski definition) is 3. The van der Waals surface area contributed by atoms with Gasteiger partial charge in [0.2, 0.25) is 0 Å². The van der Waals surface area contributed by atoms with Crippen molar-refractivity contribution in [2.45, 2.75) is 27.2 Å². The Labute approximate surface area is 290 Å². The normalized spacial score (nSPS) is 12.7. The van der Waals surface area contributed by atoms with Gasteiger partial charge in [0, 0.05) is 44.3 Å². The monoisotopic (exact) mass is 791 g/mol. The van der Waals surface area contributed by atoms with Crippen LogP contribution in [0.3, 0.4) is 0 Å². The molecule has 0 aliphatic carbocycles. The van der Waals surface area contributed by atoms with E-state index in [2.05, 4.69) is 156 Å². The van der Waals surface area contributed by atoms with Gasteiger partial charge in [-0.25, -0.2) is 4.98 Å². The third-order valence-electron chi connectivity index (χ3n) is 8.82. The Morgan fingerprint density at radius 1 is 0.723 bits per heavy atom. The minimum Gasteiger partial charge on any atom is -0.508 e. The van der Waals surface area contributed by atoms with E-state index < -0.39 is 0 Å². The van der Waals surface area contributed by atoms with Gasteiger partial charge in [0.1, 0.15) is 5.82 Å². The zero-order chi connectivity index (χ0) is 31.2. The summed E-state index contributed by atoms with van der Waals surface area (Å²) in [6.07, 6.45) is 4.94. The predicted molar refractivity (Wildman–Crippen MR) is 188 cm³/mol. The van der Waals surface area contributed by atoms with Crippen molar-refractivity contribution in [3.8, 4) is 22.8 Å². The molecule has 5 aromatic carbocycles. The molecule has 6 heteroatoms. The number of aryl methyl sites for hydroxylation is 3. The van der Waals surface area contributed by atoms with Gasteiger partial charge in [0.15, 0.2) is 5.82 Å². The van der Waals surface area contributed by atoms with E-state index in [4.69, 9.17) is 4.98 Å². The molecular weight excluding hydrogens is 758 g/mol. The van der Waals surface area contributed by atoms with E-state index in [0.29, 0.717) is 0 Å². The molecule has 0 N–H and O–H groups in total. The summed E-state index contributed by atoms with van der Waals surface area (Å²) < 4.78 is 4.70. The minimum absolute atomic E-state index is 0. The molecule has 0 amide bonds. The van der Waals surface area contributed by atoms with Crippen molar-refractivity contribution in [2.24, 2.45) is 0 Å². The van der Waals surface area contributed by atoms with Crippen molar-refractivity contribution in [3.63, 3.8) is 0 Å². The molecule has 1 aliphatic heterocycles. The van der Waals surface area contributed by atoms with Crippen LogP contribution in [0.25, 0.3) is 44.6 Å². The van der Waals surface area contributed by atoms with Crippen molar-refractivity contribution >= 4 is 27.5 Å². The zero-order valence-electron chi connectivity index (χ0n) is 26.6. The number of hydrogen-bond donors (Lipinski definition) is 0. The molecule has 236 valence electrons. The Bertz CT molecular complexity index is 2150. The summed E-state index contributed by atoms with van der Waals surface area (Å²) in [5.74, 6) is 1.92. The topological polar surface area (TPSA) is 29.2 Å². The third kappa shape index (κ3) is 5.49. The van der Waals surface area contributed by atoms with Crippen molar-refractivity contribution in [1.29, 1.82) is 0 Å². The molecule has 0 saturated carbocycles. The molecule has 0 saturated heterocycles. The molecule has 0 spiro atoms. The van der Waals surface area contributed by atoms with Crippen molar-refractivity contribution in [1.82, 2.24) is 19.0 Å². The van der Waals surface area contributed by atoms with E-state index in [9.17, 15) is 0 Å². The van der Waals surface area contributed by atoms with Crippen LogP contribution >= 0.6 is 0 Å². The first-order valence-electron chi connectivity index (χ1n) is 15.8. The van der Waals surface area contributed by atoms with Gasteiger partial charge < -0.3 is 14.4 Å². The summed E-state index contributed by atoms with van der Waals surface area (Å²) in [6.45, 7) is 9.51. The van der Waals surface area contributed by atoms with Crippen molar-refractivity contribution in [3.05, 3.63) is 163 Å². The smallest absolute Gasteiger partial charge is 0.162 e. The Kier molecular flexibility index (Phi) is 8.34. The van der Waals surface area contributed by atoms with Gasteiger partial charge in [0.25, 0.3) is 0 Å². The number of rotatable bonds is 7. The van der Waals surface area contributed by atoms with Crippen LogP contribution in [0.4, 0.5) is 5.69 Å². The summed E-state index contributed by atoms with van der Waals surface area (Å²) >= 11 is 0. The van der Waals surface area contributed by atoms with Crippen LogP contribution in [0.5, 0.6) is 0 Å². The molecule has 5 nitrogen and oxygen atoms in total. The fourth-order valence-corrected chi connectivity index (χ4v) is 6.92. The summed E-state index contributed by atoms with van der Waals surface area (Å²) in [5, 5.41) is 2.37. The maximum atomic E-state index is 5.57. The molecule has 1 aliphatic rings. The quantitative estimate of drug-likeness (QED) is 0.151. The average molecular weight is 792 g/mol. The maximum Gasteiger partial charge on any atom is 0.162 e. The van der Waals surface area contributed by atoms with Gasteiger partial charge in [-0.05, 0) is 74.4 Å². The fraction of sp³-hybridized carbons (Fsp3) is 0.122. The first kappa shape index (κ1) is 30.8. The summed E-state index contributed by atoms with van der Waals surface area (Å²) in [5.41, 5.74) is 10.3. The van der Waals surface area contributed by atoms with Crippen LogP contribution in [0.15, 0.2) is 122 Å². The molecule has 0 unspecified atom stereocenters. The number of para-hydroxylation sites is 4. The molecular formula is C41H34N5Pt-3. The Morgan fingerprint density at radius 2 is 1.45 bits per heavy atom. The minimum atomic E-state index is 0. The third-order valence-corrected chi connectivity index (χ3v) is 8.82. The second kappa shape index (κ2) is 12.7. The number of anilines is 1. The van der Waals surface area contributed by atoms with Crippen molar-refractivity contribution < 1.29 is 21.1 Å². The van der Waals surface area contributed by atoms with Crippen LogP contribution in [0, 0.1) is 39.6 Å². The number of nitrogens with zero attached hydrogens (tertiary/aromatic N) is 5. The van der Waals surface area contributed by atoms with Crippen molar-refractivity contribution in [2.75, 3.05) is 11.4 Å². The Morgan fingerprint density at radius 3 is 2.23 bits per heavy atom. The van der Waals surface area contributed by atoms with Gasteiger partial charge in [-0.3, -0.25) is 4.57 Å². The largest absolute Gasteiger partial charge is 0.508 e. The summed E-state index contributed by atoms with van der Waals surface area (Å²) in [4.78, 5) is 9.90. The van der Waals surface area contributed by atoms with Crippen LogP contribution in [-0.2, 0) is 27.5 Å². The van der Waals surface area contributed by atoms with Crippen LogP contribution < -0.4 is 4.90 Å². The van der Waals surface area contributed by atoms with E-state index in [0.717, 1.165) is 52.7 Å². The molecule has 7 aromatic rings. The molecule has 0 fully saturated rings. The van der Waals surface area contributed by atoms with Crippen LogP contribution in [-0.4, -0.2) is 25.6 Å². The Hall–Kier alpha value is -4.86. The average Bonchev–Trinajstić information content (AvgIpc) is 3.79. The van der Waals surface area contributed by atoms with E-state index in [1.54, 1.807) is 0 Å². The van der Waals surface area contributed by atoms with Gasteiger partial charge in [-0.1, -0.05) is 59.6 Å². The van der Waals surface area contributed by atoms with Gasteiger partial charge in [-0.15, -0.1) is 11.1 Å². The SMILES string of the molecule is Cc1cc(C)c(-c2c(-n3c4[c-]cccc4c4ccccc43)nc(CCN3C=CN(c4[c-]cccc4)[CH-]3)n2-c2ccccc2)c(C)c1.[Pt]. The number of aromatic nitrogens is 3. The molecule has 8 rings (SSSR count). The second-order valence-electron chi connectivity index (χ2n) is 12.0. The summed E-state index contributed by atoms with van der Waals surface area (Å²) in [6, 6.07) is 45.0. The molecule has 0 radical (unpaired) electrons. The number of fused-ring (bicyclic) bond motifs is 3. The standard InChI is InChI=1S/C41H34N5.Pt/c1-29-26-30(2)39(31(3)27-29)40-41(46-36-20-12-10-18-34(36)35-19-11-13-21-37(35)46)42-38(45(40)33-16-8-5-9-17-33)22-23-43-24-25-44(28-43)32-14-6-4-7-15-32;/h4-14,16-20,24-28H,22-23H2,1-3H3;/q-3;. The van der Waals surface area contributed by atoms with Crippen LogP contribution in [0.2, 0.25) is 0 Å². The molecule has 47 heavy (non-hydrogen) atoms. The van der Waals surface area contributed by atoms with Gasteiger partial charge in [0.05, 0.1) is 5.69 Å². The fourth-order valence-electron chi connectivity index (χ4n) is 6.92.